The second-order valence-electron chi connectivity index (χ2n) is 3.76. The van der Waals surface area contributed by atoms with E-state index < -0.39 is 18.2 Å². The molecule has 7 nitrogen and oxygen atoms in total. The second kappa shape index (κ2) is 5.52. The summed E-state index contributed by atoms with van der Waals surface area (Å²) in [5.41, 5.74) is 0.464. The summed E-state index contributed by atoms with van der Waals surface area (Å²) < 4.78 is 6.01. The molecule has 2 heterocycles. The first-order chi connectivity index (χ1) is 9.04. The first kappa shape index (κ1) is 13.7. The lowest BCUT2D eigenvalue weighted by atomic mass is 10.1. The summed E-state index contributed by atoms with van der Waals surface area (Å²) in [7, 11) is 0. The molecule has 2 rings (SSSR count). The van der Waals surface area contributed by atoms with Crippen LogP contribution in [0.1, 0.15) is 18.6 Å². The Balaban J connectivity index is 2.33. The summed E-state index contributed by atoms with van der Waals surface area (Å²) >= 11 is 5.76. The average Bonchev–Trinajstić information content (AvgIpc) is 2.80. The molecule has 0 aliphatic rings. The van der Waals surface area contributed by atoms with Crippen LogP contribution in [-0.2, 0) is 9.53 Å². The molecule has 0 saturated heterocycles. The van der Waals surface area contributed by atoms with Crippen molar-refractivity contribution in [3.8, 4) is 0 Å². The molecule has 0 aliphatic carbocycles. The fraction of sp³-hybridized carbons (Fsp3) is 0.364. The van der Waals surface area contributed by atoms with Crippen LogP contribution in [0.5, 0.6) is 0 Å². The molecule has 2 aromatic heterocycles. The number of esters is 1. The molecule has 2 N–H and O–H groups in total. The number of carbonyl (C=O) groups excluding carboxylic acids is 1. The zero-order valence-corrected chi connectivity index (χ0v) is 10.8. The molecule has 0 saturated carbocycles. The molecular weight excluding hydrogens is 274 g/mol. The lowest BCUT2D eigenvalue weighted by Gasteiger charge is -2.15. The van der Waals surface area contributed by atoms with Gasteiger partial charge in [-0.2, -0.15) is 5.10 Å². The van der Waals surface area contributed by atoms with Crippen LogP contribution in [0.25, 0.3) is 5.65 Å². The summed E-state index contributed by atoms with van der Waals surface area (Å²) in [6.07, 6.45) is -0.320. The maximum absolute atomic E-state index is 11.4. The van der Waals surface area contributed by atoms with Crippen LogP contribution in [0.3, 0.4) is 0 Å². The van der Waals surface area contributed by atoms with Gasteiger partial charge < -0.3 is 14.9 Å². The number of aliphatic hydroxyl groups is 2. The standard InChI is InChI=1S/C11H12ClN3O4/c1-2-19-11(18)9(17)8(16)6-5-13-15-4-3-7(12)14-10(6)15/h3-5,8-9,16-17H,2H2,1H3. The molecule has 0 aliphatic heterocycles. The molecule has 102 valence electrons. The lowest BCUT2D eigenvalue weighted by Crippen LogP contribution is -2.29. The predicted molar refractivity (Wildman–Crippen MR) is 65.6 cm³/mol. The molecule has 8 heteroatoms. The largest absolute Gasteiger partial charge is 0.464 e. The van der Waals surface area contributed by atoms with Crippen molar-refractivity contribution in [3.63, 3.8) is 0 Å². The van der Waals surface area contributed by atoms with Crippen LogP contribution in [0.4, 0.5) is 0 Å². The highest BCUT2D eigenvalue weighted by Gasteiger charge is 2.29. The van der Waals surface area contributed by atoms with Crippen molar-refractivity contribution < 1.29 is 19.7 Å². The van der Waals surface area contributed by atoms with Crippen molar-refractivity contribution in [3.05, 3.63) is 29.2 Å². The van der Waals surface area contributed by atoms with E-state index in [-0.39, 0.29) is 23.0 Å². The molecule has 0 radical (unpaired) electrons. The van der Waals surface area contributed by atoms with Gasteiger partial charge in [0.15, 0.2) is 11.8 Å². The average molecular weight is 286 g/mol. The molecule has 0 bridgehead atoms. The number of hydrogen-bond acceptors (Lipinski definition) is 6. The van der Waals surface area contributed by atoms with Crippen molar-refractivity contribution in [2.45, 2.75) is 19.1 Å². The van der Waals surface area contributed by atoms with Gasteiger partial charge in [0, 0.05) is 11.8 Å². The third-order valence-corrected chi connectivity index (χ3v) is 2.72. The van der Waals surface area contributed by atoms with Crippen molar-refractivity contribution in [2.75, 3.05) is 6.61 Å². The highest BCUT2D eigenvalue weighted by Crippen LogP contribution is 2.22. The SMILES string of the molecule is CCOC(=O)C(O)C(O)c1cnn2ccc(Cl)nc12. The summed E-state index contributed by atoms with van der Waals surface area (Å²) in [5.74, 6) is -0.906. The molecule has 0 fully saturated rings. The van der Waals surface area contributed by atoms with Crippen molar-refractivity contribution in [1.29, 1.82) is 0 Å². The maximum Gasteiger partial charge on any atom is 0.338 e. The number of aromatic nitrogens is 3. The number of nitrogens with zero attached hydrogens (tertiary/aromatic N) is 3. The Morgan fingerprint density at radius 1 is 1.58 bits per heavy atom. The summed E-state index contributed by atoms with van der Waals surface area (Å²) in [6, 6.07) is 1.53. The number of aliphatic hydroxyl groups excluding tert-OH is 2. The van der Waals surface area contributed by atoms with E-state index in [4.69, 9.17) is 11.6 Å². The smallest absolute Gasteiger partial charge is 0.338 e. The Morgan fingerprint density at radius 2 is 2.32 bits per heavy atom. The van der Waals surface area contributed by atoms with Crippen LogP contribution >= 0.6 is 11.6 Å². The van der Waals surface area contributed by atoms with Gasteiger partial charge in [-0.3, -0.25) is 0 Å². The minimum Gasteiger partial charge on any atom is -0.464 e. The number of rotatable bonds is 4. The summed E-state index contributed by atoms with van der Waals surface area (Å²) in [6.45, 7) is 1.72. The third kappa shape index (κ3) is 2.67. The van der Waals surface area contributed by atoms with E-state index in [2.05, 4.69) is 14.8 Å². The summed E-state index contributed by atoms with van der Waals surface area (Å²) in [5, 5.41) is 23.8. The highest BCUT2D eigenvalue weighted by molar-refractivity contribution is 6.29. The lowest BCUT2D eigenvalue weighted by molar-refractivity contribution is -0.159. The van der Waals surface area contributed by atoms with Crippen LogP contribution in [-0.4, -0.2) is 43.5 Å². The Labute approximate surface area is 113 Å². The van der Waals surface area contributed by atoms with Gasteiger partial charge in [-0.05, 0) is 13.0 Å². The van der Waals surface area contributed by atoms with E-state index >= 15 is 0 Å². The number of fused-ring (bicyclic) bond motifs is 1. The third-order valence-electron chi connectivity index (χ3n) is 2.51. The molecule has 2 aromatic rings. The van der Waals surface area contributed by atoms with Gasteiger partial charge in [-0.1, -0.05) is 11.6 Å². The van der Waals surface area contributed by atoms with Gasteiger partial charge in [0.1, 0.15) is 11.3 Å². The fourth-order valence-corrected chi connectivity index (χ4v) is 1.74. The molecule has 0 spiro atoms. The van der Waals surface area contributed by atoms with Gasteiger partial charge >= 0.3 is 5.97 Å². The number of halogens is 1. The van der Waals surface area contributed by atoms with Crippen LogP contribution in [0.2, 0.25) is 5.15 Å². The Morgan fingerprint density at radius 3 is 3.00 bits per heavy atom. The Hall–Kier alpha value is -1.70. The second-order valence-corrected chi connectivity index (χ2v) is 4.15. The number of hydrogen-bond donors (Lipinski definition) is 2. The number of ether oxygens (including phenoxy) is 1. The topological polar surface area (TPSA) is 97.0 Å². The van der Waals surface area contributed by atoms with Crippen LogP contribution < -0.4 is 0 Å². The van der Waals surface area contributed by atoms with E-state index in [0.717, 1.165) is 0 Å². The Bertz CT molecular complexity index is 601. The minimum atomic E-state index is -1.70. The van der Waals surface area contributed by atoms with Gasteiger partial charge in [-0.15, -0.1) is 0 Å². The normalized spacial score (nSPS) is 14.3. The first-order valence-electron chi connectivity index (χ1n) is 5.57. The minimum absolute atomic E-state index is 0.113. The van der Waals surface area contributed by atoms with Crippen LogP contribution in [0.15, 0.2) is 18.5 Å². The van der Waals surface area contributed by atoms with Gasteiger partial charge in [-0.25, -0.2) is 14.3 Å². The monoisotopic (exact) mass is 285 g/mol. The van der Waals surface area contributed by atoms with Crippen molar-refractivity contribution in [1.82, 2.24) is 14.6 Å². The fourth-order valence-electron chi connectivity index (χ4n) is 1.60. The maximum atomic E-state index is 11.4. The molecular formula is C11H12ClN3O4. The zero-order valence-electron chi connectivity index (χ0n) is 10.0. The van der Waals surface area contributed by atoms with E-state index in [1.54, 1.807) is 13.1 Å². The van der Waals surface area contributed by atoms with E-state index in [1.807, 2.05) is 0 Å². The predicted octanol–water partition coefficient (Wildman–Crippen LogP) is 0.340. The molecule has 0 aromatic carbocycles. The van der Waals surface area contributed by atoms with E-state index in [9.17, 15) is 15.0 Å². The van der Waals surface area contributed by atoms with Crippen LogP contribution in [0, 0.1) is 0 Å². The molecule has 2 atom stereocenters. The van der Waals surface area contributed by atoms with Gasteiger partial charge in [0.25, 0.3) is 0 Å². The van der Waals surface area contributed by atoms with E-state index in [0.29, 0.717) is 0 Å². The Kier molecular flexibility index (Phi) is 3.98. The molecule has 19 heavy (non-hydrogen) atoms. The van der Waals surface area contributed by atoms with Crippen molar-refractivity contribution >= 4 is 23.2 Å². The van der Waals surface area contributed by atoms with Gasteiger partial charge in [0.2, 0.25) is 0 Å². The zero-order chi connectivity index (χ0) is 14.0. The van der Waals surface area contributed by atoms with E-state index in [1.165, 1.54) is 16.8 Å². The number of carbonyl (C=O) groups is 1. The first-order valence-corrected chi connectivity index (χ1v) is 5.95. The van der Waals surface area contributed by atoms with Gasteiger partial charge in [0.05, 0.1) is 12.8 Å². The van der Waals surface area contributed by atoms with Crippen molar-refractivity contribution in [2.24, 2.45) is 0 Å². The molecule has 0 amide bonds. The molecule has 2 unspecified atom stereocenters. The highest BCUT2D eigenvalue weighted by atomic mass is 35.5. The quantitative estimate of drug-likeness (QED) is 0.621. The summed E-state index contributed by atoms with van der Waals surface area (Å²) in [4.78, 5) is 15.4.